The third kappa shape index (κ3) is 2.82. The molecule has 0 aliphatic heterocycles. The minimum absolute atomic E-state index is 0.251. The summed E-state index contributed by atoms with van der Waals surface area (Å²) in [7, 11) is 0. The van der Waals surface area contributed by atoms with Gasteiger partial charge in [0.15, 0.2) is 0 Å². The van der Waals surface area contributed by atoms with Crippen LogP contribution in [0.3, 0.4) is 0 Å². The molecule has 2 aromatic heterocycles. The minimum atomic E-state index is -0.251. The van der Waals surface area contributed by atoms with Crippen LogP contribution in [0.1, 0.15) is 43.7 Å². The second-order valence-corrected chi connectivity index (χ2v) is 6.37. The average Bonchev–Trinajstić information content (AvgIpc) is 2.62. The summed E-state index contributed by atoms with van der Waals surface area (Å²) >= 11 is 0. The molecule has 2 N–H and O–H groups in total. The van der Waals surface area contributed by atoms with Crippen molar-refractivity contribution in [1.82, 2.24) is 15.0 Å². The van der Waals surface area contributed by atoms with Gasteiger partial charge in [-0.25, -0.2) is 19.3 Å². The van der Waals surface area contributed by atoms with Crippen molar-refractivity contribution in [3.63, 3.8) is 0 Å². The Hall–Kier alpha value is -2.56. The van der Waals surface area contributed by atoms with Gasteiger partial charge in [0.1, 0.15) is 11.3 Å². The number of nitrogens with two attached hydrogens (primary N) is 1. The Balaban J connectivity index is 1.85. The van der Waals surface area contributed by atoms with E-state index in [2.05, 4.69) is 9.97 Å². The fourth-order valence-electron chi connectivity index (χ4n) is 3.50. The zero-order valence-electron chi connectivity index (χ0n) is 13.4. The van der Waals surface area contributed by atoms with Crippen molar-refractivity contribution in [3.8, 4) is 11.3 Å². The van der Waals surface area contributed by atoms with Gasteiger partial charge in [0, 0.05) is 11.5 Å². The summed E-state index contributed by atoms with van der Waals surface area (Å²) in [6.07, 6.45) is 5.95. The number of fused-ring (bicyclic) bond motifs is 1. The maximum atomic E-state index is 13.2. The monoisotopic (exact) mass is 322 g/mol. The van der Waals surface area contributed by atoms with Gasteiger partial charge in [-0.2, -0.15) is 0 Å². The normalized spacial score (nSPS) is 15.7. The molecule has 24 heavy (non-hydrogen) atoms. The SMILES string of the molecule is Nc1nc(C2CCCCC2)c2nc(-c3ccc(F)cc3)ccc2n1. The number of aromatic nitrogens is 3. The zero-order valence-corrected chi connectivity index (χ0v) is 13.4. The predicted molar refractivity (Wildman–Crippen MR) is 93.0 cm³/mol. The smallest absolute Gasteiger partial charge is 0.220 e. The van der Waals surface area contributed by atoms with Crippen LogP contribution in [-0.4, -0.2) is 15.0 Å². The van der Waals surface area contributed by atoms with Crippen molar-refractivity contribution in [1.29, 1.82) is 0 Å². The molecule has 4 nitrogen and oxygen atoms in total. The standard InChI is InChI=1S/C19H19FN4/c20-14-8-6-12(7-9-14)15-10-11-16-18(22-15)17(24-19(21)23-16)13-4-2-1-3-5-13/h6-11,13H,1-5H2,(H2,21,23,24). The number of nitrogen functional groups attached to an aromatic ring is 1. The fourth-order valence-corrected chi connectivity index (χ4v) is 3.50. The van der Waals surface area contributed by atoms with Crippen molar-refractivity contribution in [2.45, 2.75) is 38.0 Å². The van der Waals surface area contributed by atoms with Crippen molar-refractivity contribution in [3.05, 3.63) is 47.9 Å². The zero-order chi connectivity index (χ0) is 16.5. The van der Waals surface area contributed by atoms with Gasteiger partial charge >= 0.3 is 0 Å². The van der Waals surface area contributed by atoms with Gasteiger partial charge in [-0.3, -0.25) is 0 Å². The Bertz CT molecular complexity index is 870. The molecule has 122 valence electrons. The number of hydrogen-bond donors (Lipinski definition) is 1. The summed E-state index contributed by atoms with van der Waals surface area (Å²) in [5, 5.41) is 0. The second kappa shape index (κ2) is 6.15. The van der Waals surface area contributed by atoms with Gasteiger partial charge in [0.05, 0.1) is 16.9 Å². The maximum absolute atomic E-state index is 13.2. The second-order valence-electron chi connectivity index (χ2n) is 6.37. The molecule has 3 aromatic rings. The Morgan fingerprint density at radius 2 is 1.62 bits per heavy atom. The highest BCUT2D eigenvalue weighted by atomic mass is 19.1. The maximum Gasteiger partial charge on any atom is 0.220 e. The van der Waals surface area contributed by atoms with Crippen LogP contribution in [0, 0.1) is 5.82 Å². The highest BCUT2D eigenvalue weighted by molar-refractivity contribution is 5.81. The molecular weight excluding hydrogens is 303 g/mol. The first-order valence-electron chi connectivity index (χ1n) is 8.41. The largest absolute Gasteiger partial charge is 0.368 e. The Morgan fingerprint density at radius 3 is 2.38 bits per heavy atom. The van der Waals surface area contributed by atoms with E-state index in [1.54, 1.807) is 12.1 Å². The van der Waals surface area contributed by atoms with E-state index in [1.165, 1.54) is 31.4 Å². The van der Waals surface area contributed by atoms with Gasteiger partial charge < -0.3 is 5.73 Å². The summed E-state index contributed by atoms with van der Waals surface area (Å²) < 4.78 is 13.2. The van der Waals surface area contributed by atoms with Crippen molar-refractivity contribution in [2.24, 2.45) is 0 Å². The van der Waals surface area contributed by atoms with Gasteiger partial charge in [-0.05, 0) is 49.2 Å². The van der Waals surface area contributed by atoms with Crippen molar-refractivity contribution < 1.29 is 4.39 Å². The number of rotatable bonds is 2. The molecule has 1 aliphatic rings. The average molecular weight is 322 g/mol. The van der Waals surface area contributed by atoms with Crippen molar-refractivity contribution >= 4 is 17.0 Å². The van der Waals surface area contributed by atoms with Gasteiger partial charge in [-0.15, -0.1) is 0 Å². The molecule has 0 radical (unpaired) electrons. The van der Waals surface area contributed by atoms with Crippen LogP contribution in [0.2, 0.25) is 0 Å². The molecule has 4 rings (SSSR count). The fraction of sp³-hybridized carbons (Fsp3) is 0.316. The molecule has 1 saturated carbocycles. The van der Waals surface area contributed by atoms with Crippen LogP contribution in [0.4, 0.5) is 10.3 Å². The first-order valence-corrected chi connectivity index (χ1v) is 8.41. The summed E-state index contributed by atoms with van der Waals surface area (Å²) in [5.74, 6) is 0.445. The molecule has 0 atom stereocenters. The molecule has 5 heteroatoms. The third-order valence-corrected chi connectivity index (χ3v) is 4.72. The van der Waals surface area contributed by atoms with Crippen LogP contribution in [0.25, 0.3) is 22.3 Å². The summed E-state index contributed by atoms with van der Waals surface area (Å²) in [5.41, 5.74) is 10.1. The molecule has 0 unspecified atom stereocenters. The Morgan fingerprint density at radius 1 is 0.875 bits per heavy atom. The van der Waals surface area contributed by atoms with E-state index in [0.29, 0.717) is 11.9 Å². The summed E-state index contributed by atoms with van der Waals surface area (Å²) in [6.45, 7) is 0. The number of benzene rings is 1. The lowest BCUT2D eigenvalue weighted by molar-refractivity contribution is 0.438. The number of pyridine rings is 1. The Kier molecular flexibility index (Phi) is 3.84. The molecule has 1 fully saturated rings. The lowest BCUT2D eigenvalue weighted by atomic mass is 9.86. The lowest BCUT2D eigenvalue weighted by Crippen LogP contribution is -2.10. The molecule has 1 aromatic carbocycles. The van der Waals surface area contributed by atoms with Crippen LogP contribution in [-0.2, 0) is 0 Å². The van der Waals surface area contributed by atoms with Gasteiger partial charge in [0.2, 0.25) is 5.95 Å². The minimum Gasteiger partial charge on any atom is -0.368 e. The van der Waals surface area contributed by atoms with Crippen LogP contribution >= 0.6 is 0 Å². The Labute approximate surface area is 140 Å². The molecule has 0 saturated heterocycles. The highest BCUT2D eigenvalue weighted by Gasteiger charge is 2.21. The van der Waals surface area contributed by atoms with Crippen LogP contribution in [0.5, 0.6) is 0 Å². The van der Waals surface area contributed by atoms with E-state index < -0.39 is 0 Å². The molecule has 0 amide bonds. The lowest BCUT2D eigenvalue weighted by Gasteiger charge is -2.22. The van der Waals surface area contributed by atoms with Gasteiger partial charge in [0.25, 0.3) is 0 Å². The molecular formula is C19H19FN4. The number of nitrogens with zero attached hydrogens (tertiary/aromatic N) is 3. The van der Waals surface area contributed by atoms with Gasteiger partial charge in [-0.1, -0.05) is 19.3 Å². The van der Waals surface area contributed by atoms with E-state index in [4.69, 9.17) is 10.7 Å². The number of halogens is 1. The quantitative estimate of drug-likeness (QED) is 0.756. The first-order chi connectivity index (χ1) is 11.7. The van der Waals surface area contributed by atoms with E-state index in [9.17, 15) is 4.39 Å². The molecule has 2 heterocycles. The summed E-state index contributed by atoms with van der Waals surface area (Å²) in [4.78, 5) is 13.6. The number of anilines is 1. The predicted octanol–water partition coefficient (Wildman–Crippen LogP) is 4.46. The molecule has 1 aliphatic carbocycles. The van der Waals surface area contributed by atoms with E-state index in [-0.39, 0.29) is 5.82 Å². The van der Waals surface area contributed by atoms with E-state index >= 15 is 0 Å². The third-order valence-electron chi connectivity index (χ3n) is 4.72. The van der Waals surface area contributed by atoms with Crippen molar-refractivity contribution in [2.75, 3.05) is 5.73 Å². The summed E-state index contributed by atoms with van der Waals surface area (Å²) in [6, 6.07) is 10.2. The highest BCUT2D eigenvalue weighted by Crippen LogP contribution is 2.35. The molecule has 0 spiro atoms. The molecule has 0 bridgehead atoms. The van der Waals surface area contributed by atoms with Crippen LogP contribution in [0.15, 0.2) is 36.4 Å². The first kappa shape index (κ1) is 15.0. The van der Waals surface area contributed by atoms with Crippen LogP contribution < -0.4 is 5.73 Å². The topological polar surface area (TPSA) is 64.7 Å². The number of hydrogen-bond acceptors (Lipinski definition) is 4. The van der Waals surface area contributed by atoms with E-state index in [1.807, 2.05) is 12.1 Å². The van der Waals surface area contributed by atoms with E-state index in [0.717, 1.165) is 40.8 Å².